The van der Waals surface area contributed by atoms with Gasteiger partial charge in [0.05, 0.1) is 0 Å². The van der Waals surface area contributed by atoms with Crippen LogP contribution in [0.3, 0.4) is 0 Å². The van der Waals surface area contributed by atoms with Gasteiger partial charge in [-0.3, -0.25) is 4.90 Å². The molecule has 3 rings (SSSR count). The van der Waals surface area contributed by atoms with Crippen molar-refractivity contribution in [3.63, 3.8) is 0 Å². The molecule has 2 unspecified atom stereocenters. The summed E-state index contributed by atoms with van der Waals surface area (Å²) in [5.74, 6) is 0.771. The highest BCUT2D eigenvalue weighted by Gasteiger charge is 2.41. The van der Waals surface area contributed by atoms with Gasteiger partial charge in [0.2, 0.25) is 0 Å². The van der Waals surface area contributed by atoms with Crippen molar-refractivity contribution >= 4 is 0 Å². The number of rotatable bonds is 6. The fraction of sp³-hybridized carbons (Fsp3) is 0.429. The van der Waals surface area contributed by atoms with E-state index in [-0.39, 0.29) is 5.54 Å². The van der Waals surface area contributed by atoms with Crippen LogP contribution >= 0.6 is 0 Å². The molecule has 1 aliphatic rings. The van der Waals surface area contributed by atoms with E-state index in [2.05, 4.69) is 72.5 Å². The molecule has 0 radical (unpaired) electrons. The zero-order valence-electron chi connectivity index (χ0n) is 14.1. The maximum atomic E-state index is 6.30. The molecule has 2 atom stereocenters. The molecule has 0 saturated heterocycles. The first-order valence-electron chi connectivity index (χ1n) is 8.75. The summed E-state index contributed by atoms with van der Waals surface area (Å²) >= 11 is 0. The summed E-state index contributed by atoms with van der Waals surface area (Å²) in [6, 6.07) is 21.6. The molecule has 2 aromatic carbocycles. The molecule has 0 aliphatic heterocycles. The van der Waals surface area contributed by atoms with Gasteiger partial charge in [-0.05, 0) is 36.3 Å². The van der Waals surface area contributed by atoms with Crippen LogP contribution in [0.2, 0.25) is 0 Å². The topological polar surface area (TPSA) is 29.3 Å². The highest BCUT2D eigenvalue weighted by Crippen LogP contribution is 2.39. The third-order valence-electron chi connectivity index (χ3n) is 5.31. The highest BCUT2D eigenvalue weighted by molar-refractivity contribution is 5.18. The van der Waals surface area contributed by atoms with Crippen LogP contribution in [0.1, 0.15) is 37.3 Å². The minimum Gasteiger partial charge on any atom is -0.329 e. The van der Waals surface area contributed by atoms with Crippen molar-refractivity contribution in [3.8, 4) is 0 Å². The summed E-state index contributed by atoms with van der Waals surface area (Å²) in [4.78, 5) is 2.63. The Morgan fingerprint density at radius 2 is 1.48 bits per heavy atom. The Balaban J connectivity index is 1.86. The van der Waals surface area contributed by atoms with E-state index in [0.717, 1.165) is 25.6 Å². The van der Waals surface area contributed by atoms with Crippen LogP contribution in [0.5, 0.6) is 0 Å². The summed E-state index contributed by atoms with van der Waals surface area (Å²) < 4.78 is 0. The molecule has 122 valence electrons. The Kier molecular flexibility index (Phi) is 5.14. The first kappa shape index (κ1) is 16.2. The monoisotopic (exact) mass is 308 g/mol. The molecule has 1 aliphatic carbocycles. The molecule has 2 heteroatoms. The van der Waals surface area contributed by atoms with Gasteiger partial charge in [-0.25, -0.2) is 0 Å². The molecule has 1 fully saturated rings. The lowest BCUT2D eigenvalue weighted by molar-refractivity contribution is 0.0786. The first-order valence-corrected chi connectivity index (χ1v) is 8.75. The first-order chi connectivity index (χ1) is 11.2. The molecular formula is C21H28N2. The van der Waals surface area contributed by atoms with Gasteiger partial charge in [-0.2, -0.15) is 0 Å². The molecule has 0 amide bonds. The lowest BCUT2D eigenvalue weighted by Crippen LogP contribution is -2.51. The number of nitrogens with zero attached hydrogens (tertiary/aromatic N) is 1. The van der Waals surface area contributed by atoms with Crippen LogP contribution in [0.4, 0.5) is 0 Å². The largest absolute Gasteiger partial charge is 0.329 e. The van der Waals surface area contributed by atoms with Gasteiger partial charge >= 0.3 is 0 Å². The van der Waals surface area contributed by atoms with E-state index in [1.807, 2.05) is 0 Å². The fourth-order valence-corrected chi connectivity index (χ4v) is 3.97. The lowest BCUT2D eigenvalue weighted by atomic mass is 9.92. The van der Waals surface area contributed by atoms with Crippen LogP contribution < -0.4 is 5.73 Å². The van der Waals surface area contributed by atoms with E-state index in [9.17, 15) is 0 Å². The molecule has 0 aromatic heterocycles. The molecular weight excluding hydrogens is 280 g/mol. The molecule has 0 bridgehead atoms. The van der Waals surface area contributed by atoms with E-state index in [4.69, 9.17) is 5.73 Å². The Labute approximate surface area is 140 Å². The van der Waals surface area contributed by atoms with Gasteiger partial charge < -0.3 is 5.73 Å². The zero-order chi connectivity index (χ0) is 16.1. The fourth-order valence-electron chi connectivity index (χ4n) is 3.97. The molecule has 2 nitrogen and oxygen atoms in total. The normalized spacial score (nSPS) is 24.2. The van der Waals surface area contributed by atoms with Crippen LogP contribution in [0.25, 0.3) is 0 Å². The maximum Gasteiger partial charge on any atom is 0.0341 e. The van der Waals surface area contributed by atoms with Gasteiger partial charge in [0, 0.05) is 25.2 Å². The molecule has 2 aromatic rings. The van der Waals surface area contributed by atoms with Gasteiger partial charge in [0.25, 0.3) is 0 Å². The summed E-state index contributed by atoms with van der Waals surface area (Å²) in [5.41, 5.74) is 9.18. The van der Waals surface area contributed by atoms with E-state index < -0.39 is 0 Å². The molecule has 0 heterocycles. The van der Waals surface area contributed by atoms with Crippen molar-refractivity contribution in [2.24, 2.45) is 11.7 Å². The van der Waals surface area contributed by atoms with Crippen molar-refractivity contribution in [1.29, 1.82) is 0 Å². The second kappa shape index (κ2) is 7.29. The van der Waals surface area contributed by atoms with Crippen LogP contribution in [-0.2, 0) is 13.1 Å². The zero-order valence-corrected chi connectivity index (χ0v) is 14.1. The van der Waals surface area contributed by atoms with Crippen molar-refractivity contribution in [2.75, 3.05) is 6.54 Å². The van der Waals surface area contributed by atoms with Crippen LogP contribution in [-0.4, -0.2) is 17.0 Å². The molecule has 0 spiro atoms. The average Bonchev–Trinajstić information content (AvgIpc) is 2.99. The van der Waals surface area contributed by atoms with Gasteiger partial charge in [0.15, 0.2) is 0 Å². The SMILES string of the molecule is CC1CCC(CN)(N(Cc2ccccc2)Cc2ccccc2)C1. The summed E-state index contributed by atoms with van der Waals surface area (Å²) in [6.07, 6.45) is 3.71. The summed E-state index contributed by atoms with van der Waals surface area (Å²) in [6.45, 7) is 5.05. The third-order valence-corrected chi connectivity index (χ3v) is 5.31. The second-order valence-electron chi connectivity index (χ2n) is 7.10. The van der Waals surface area contributed by atoms with E-state index >= 15 is 0 Å². The molecule has 23 heavy (non-hydrogen) atoms. The quantitative estimate of drug-likeness (QED) is 0.866. The number of benzene rings is 2. The Hall–Kier alpha value is -1.64. The van der Waals surface area contributed by atoms with Gasteiger partial charge in [-0.1, -0.05) is 67.6 Å². The Bertz CT molecular complexity index is 554. The summed E-state index contributed by atoms with van der Waals surface area (Å²) in [7, 11) is 0. The van der Waals surface area contributed by atoms with Gasteiger partial charge in [-0.15, -0.1) is 0 Å². The highest BCUT2D eigenvalue weighted by atomic mass is 15.2. The third kappa shape index (κ3) is 3.82. The predicted molar refractivity (Wildman–Crippen MR) is 96.9 cm³/mol. The van der Waals surface area contributed by atoms with Crippen molar-refractivity contribution in [3.05, 3.63) is 71.8 Å². The number of hydrogen-bond acceptors (Lipinski definition) is 2. The van der Waals surface area contributed by atoms with E-state index in [1.54, 1.807) is 0 Å². The second-order valence-corrected chi connectivity index (χ2v) is 7.10. The smallest absolute Gasteiger partial charge is 0.0341 e. The minimum absolute atomic E-state index is 0.144. The van der Waals surface area contributed by atoms with Crippen molar-refractivity contribution < 1.29 is 0 Å². The minimum atomic E-state index is 0.144. The maximum absolute atomic E-state index is 6.30. The Morgan fingerprint density at radius 3 is 1.87 bits per heavy atom. The van der Waals surface area contributed by atoms with Crippen molar-refractivity contribution in [2.45, 2.75) is 44.8 Å². The van der Waals surface area contributed by atoms with Crippen LogP contribution in [0, 0.1) is 5.92 Å². The predicted octanol–water partition coefficient (Wildman–Crippen LogP) is 4.21. The van der Waals surface area contributed by atoms with Gasteiger partial charge in [0.1, 0.15) is 0 Å². The molecule has 1 saturated carbocycles. The van der Waals surface area contributed by atoms with Crippen LogP contribution in [0.15, 0.2) is 60.7 Å². The van der Waals surface area contributed by atoms with E-state index in [0.29, 0.717) is 0 Å². The Morgan fingerprint density at radius 1 is 0.957 bits per heavy atom. The van der Waals surface area contributed by atoms with Crippen molar-refractivity contribution in [1.82, 2.24) is 4.90 Å². The number of nitrogens with two attached hydrogens (primary N) is 1. The molecule has 2 N–H and O–H groups in total. The average molecular weight is 308 g/mol. The number of hydrogen-bond donors (Lipinski definition) is 1. The standard InChI is InChI=1S/C21H28N2/c1-18-12-13-21(14-18,17-22)23(15-19-8-4-2-5-9-19)16-20-10-6-3-7-11-20/h2-11,18H,12-17,22H2,1H3. The summed E-state index contributed by atoms with van der Waals surface area (Å²) in [5, 5.41) is 0. The van der Waals surface area contributed by atoms with E-state index in [1.165, 1.54) is 30.4 Å². The lowest BCUT2D eigenvalue weighted by Gasteiger charge is -2.41.